The van der Waals surface area contributed by atoms with Crippen molar-refractivity contribution in [3.8, 4) is 22.5 Å². The Balaban J connectivity index is 2.11. The van der Waals surface area contributed by atoms with E-state index in [0.29, 0.717) is 0 Å². The zero-order chi connectivity index (χ0) is 13.9. The van der Waals surface area contributed by atoms with E-state index in [9.17, 15) is 0 Å². The maximum Gasteiger partial charge on any atom is 0.174 e. The highest BCUT2D eigenvalue weighted by Crippen LogP contribution is 2.35. The summed E-state index contributed by atoms with van der Waals surface area (Å²) in [5.41, 5.74) is 4.18. The Labute approximate surface area is 122 Å². The summed E-state index contributed by atoms with van der Waals surface area (Å²) in [4.78, 5) is 1.25. The lowest BCUT2D eigenvalue weighted by atomic mass is 10.00. The lowest BCUT2D eigenvalue weighted by Gasteiger charge is -2.04. The third-order valence-electron chi connectivity index (χ3n) is 3.28. The quantitative estimate of drug-likeness (QED) is 0.629. The average Bonchev–Trinajstić information content (AvgIpc) is 2.90. The molecule has 0 spiro atoms. The van der Waals surface area contributed by atoms with Crippen molar-refractivity contribution in [2.24, 2.45) is 0 Å². The number of rotatable bonds is 3. The zero-order valence-electron chi connectivity index (χ0n) is 11.5. The van der Waals surface area contributed by atoms with Crippen molar-refractivity contribution in [3.63, 3.8) is 0 Å². The van der Waals surface area contributed by atoms with Gasteiger partial charge in [0.05, 0.1) is 11.3 Å². The summed E-state index contributed by atoms with van der Waals surface area (Å²) in [6.45, 7) is 1.98. The highest BCUT2D eigenvalue weighted by molar-refractivity contribution is 7.98. The molecule has 0 amide bonds. The fourth-order valence-electron chi connectivity index (χ4n) is 2.25. The van der Waals surface area contributed by atoms with Gasteiger partial charge in [0, 0.05) is 10.5 Å². The molecule has 0 aliphatic carbocycles. The molecule has 3 rings (SSSR count). The predicted octanol–water partition coefficient (Wildman–Crippen LogP) is 5.04. The number of thioether (sulfide) groups is 1. The molecule has 0 aliphatic rings. The molecule has 1 heterocycles. The third-order valence-corrected chi connectivity index (χ3v) is 4.02. The van der Waals surface area contributed by atoms with E-state index in [2.05, 4.69) is 35.7 Å². The minimum absolute atomic E-state index is 0.833. The highest BCUT2D eigenvalue weighted by atomic mass is 32.2. The van der Waals surface area contributed by atoms with Crippen molar-refractivity contribution in [1.29, 1.82) is 0 Å². The molecule has 0 radical (unpaired) electrons. The smallest absolute Gasteiger partial charge is 0.174 e. The zero-order valence-corrected chi connectivity index (χ0v) is 12.3. The monoisotopic (exact) mass is 281 g/mol. The Kier molecular flexibility index (Phi) is 3.61. The highest BCUT2D eigenvalue weighted by Gasteiger charge is 2.16. The Morgan fingerprint density at radius 1 is 0.900 bits per heavy atom. The summed E-state index contributed by atoms with van der Waals surface area (Å²) in [5.74, 6) is 0.833. The Morgan fingerprint density at radius 2 is 1.60 bits per heavy atom. The number of benzene rings is 2. The fourth-order valence-corrected chi connectivity index (χ4v) is 2.66. The van der Waals surface area contributed by atoms with Gasteiger partial charge in [-0.3, -0.25) is 0 Å². The van der Waals surface area contributed by atoms with Crippen LogP contribution in [0.4, 0.5) is 0 Å². The minimum Gasteiger partial charge on any atom is -0.355 e. The molecule has 3 aromatic rings. The van der Waals surface area contributed by atoms with Crippen LogP contribution in [0.15, 0.2) is 64.0 Å². The summed E-state index contributed by atoms with van der Waals surface area (Å²) in [5, 5.41) is 4.13. The molecule has 20 heavy (non-hydrogen) atoms. The Morgan fingerprint density at radius 3 is 2.25 bits per heavy atom. The van der Waals surface area contributed by atoms with Gasteiger partial charge in [-0.2, -0.15) is 0 Å². The van der Waals surface area contributed by atoms with Crippen LogP contribution in [0.25, 0.3) is 22.5 Å². The first-order chi connectivity index (χ1) is 9.79. The van der Waals surface area contributed by atoms with Gasteiger partial charge in [0.1, 0.15) is 0 Å². The molecule has 0 aliphatic heterocycles. The molecular weight excluding hydrogens is 266 g/mol. The molecule has 0 saturated heterocycles. The van der Waals surface area contributed by atoms with Crippen molar-refractivity contribution in [3.05, 3.63) is 60.3 Å². The second-order valence-corrected chi connectivity index (χ2v) is 5.45. The molecular formula is C17H15NOS. The lowest BCUT2D eigenvalue weighted by molar-refractivity contribution is 0.427. The van der Waals surface area contributed by atoms with Gasteiger partial charge >= 0.3 is 0 Å². The maximum absolute atomic E-state index is 5.54. The number of hydrogen-bond acceptors (Lipinski definition) is 3. The molecule has 2 nitrogen and oxygen atoms in total. The van der Waals surface area contributed by atoms with Gasteiger partial charge in [-0.05, 0) is 30.9 Å². The van der Waals surface area contributed by atoms with Gasteiger partial charge < -0.3 is 4.52 Å². The predicted molar refractivity (Wildman–Crippen MR) is 83.9 cm³/mol. The standard InChI is InChI=1S/C17H15NOS/c1-12-16(13-8-10-15(20-2)11-9-13)17(19-18-12)14-6-4-3-5-7-14/h3-11H,1-2H3. The van der Waals surface area contributed by atoms with Gasteiger partial charge in [-0.15, -0.1) is 11.8 Å². The van der Waals surface area contributed by atoms with E-state index in [4.69, 9.17) is 4.52 Å². The molecule has 3 heteroatoms. The van der Waals surface area contributed by atoms with Gasteiger partial charge in [-0.25, -0.2) is 0 Å². The normalized spacial score (nSPS) is 10.7. The van der Waals surface area contributed by atoms with Crippen LogP contribution in [0.1, 0.15) is 5.69 Å². The molecule has 1 aromatic heterocycles. The van der Waals surface area contributed by atoms with Crippen molar-refractivity contribution >= 4 is 11.8 Å². The van der Waals surface area contributed by atoms with Crippen LogP contribution in [0.2, 0.25) is 0 Å². The summed E-state index contributed by atoms with van der Waals surface area (Å²) in [6.07, 6.45) is 2.08. The first-order valence-electron chi connectivity index (χ1n) is 6.45. The SMILES string of the molecule is CSc1ccc(-c2c(C)noc2-c2ccccc2)cc1. The van der Waals surface area contributed by atoms with Crippen LogP contribution >= 0.6 is 11.8 Å². The number of aromatic nitrogens is 1. The molecule has 0 atom stereocenters. The first-order valence-corrected chi connectivity index (χ1v) is 7.68. The van der Waals surface area contributed by atoms with E-state index >= 15 is 0 Å². The Bertz CT molecular complexity index is 702. The van der Waals surface area contributed by atoms with E-state index in [1.165, 1.54) is 4.90 Å². The summed E-state index contributed by atoms with van der Waals surface area (Å²) in [6, 6.07) is 18.6. The van der Waals surface area contributed by atoms with Crippen molar-refractivity contribution in [1.82, 2.24) is 5.16 Å². The van der Waals surface area contributed by atoms with Crippen LogP contribution < -0.4 is 0 Å². The van der Waals surface area contributed by atoms with Gasteiger partial charge in [0.15, 0.2) is 5.76 Å². The van der Waals surface area contributed by atoms with Crippen LogP contribution in [0.5, 0.6) is 0 Å². The molecule has 0 saturated carbocycles. The number of aryl methyl sites for hydroxylation is 1. The molecule has 0 unspecified atom stereocenters. The third kappa shape index (κ3) is 2.37. The summed E-state index contributed by atoms with van der Waals surface area (Å²) >= 11 is 1.74. The summed E-state index contributed by atoms with van der Waals surface area (Å²) < 4.78 is 5.54. The van der Waals surface area contributed by atoms with E-state index in [0.717, 1.165) is 28.1 Å². The Hall–Kier alpha value is -2.00. The topological polar surface area (TPSA) is 26.0 Å². The molecule has 0 bridgehead atoms. The maximum atomic E-state index is 5.54. The van der Waals surface area contributed by atoms with E-state index in [1.54, 1.807) is 11.8 Å². The van der Waals surface area contributed by atoms with Crippen LogP contribution in [-0.4, -0.2) is 11.4 Å². The summed E-state index contributed by atoms with van der Waals surface area (Å²) in [7, 11) is 0. The van der Waals surface area contributed by atoms with Gasteiger partial charge in [0.25, 0.3) is 0 Å². The van der Waals surface area contributed by atoms with Crippen molar-refractivity contribution < 1.29 is 4.52 Å². The molecule has 100 valence electrons. The lowest BCUT2D eigenvalue weighted by Crippen LogP contribution is -1.83. The number of nitrogens with zero attached hydrogens (tertiary/aromatic N) is 1. The minimum atomic E-state index is 0.833. The number of hydrogen-bond donors (Lipinski definition) is 0. The van der Waals surface area contributed by atoms with Crippen molar-refractivity contribution in [2.75, 3.05) is 6.26 Å². The van der Waals surface area contributed by atoms with Gasteiger partial charge in [0.2, 0.25) is 0 Å². The van der Waals surface area contributed by atoms with Crippen LogP contribution in [0.3, 0.4) is 0 Å². The average molecular weight is 281 g/mol. The second-order valence-electron chi connectivity index (χ2n) is 4.57. The van der Waals surface area contributed by atoms with Crippen LogP contribution in [-0.2, 0) is 0 Å². The second kappa shape index (κ2) is 5.55. The molecule has 0 fully saturated rings. The van der Waals surface area contributed by atoms with E-state index < -0.39 is 0 Å². The van der Waals surface area contributed by atoms with E-state index in [-0.39, 0.29) is 0 Å². The van der Waals surface area contributed by atoms with E-state index in [1.807, 2.05) is 37.3 Å². The molecule has 0 N–H and O–H groups in total. The van der Waals surface area contributed by atoms with Gasteiger partial charge in [-0.1, -0.05) is 47.6 Å². The van der Waals surface area contributed by atoms with Crippen LogP contribution in [0, 0.1) is 6.92 Å². The molecule has 2 aromatic carbocycles. The largest absolute Gasteiger partial charge is 0.355 e. The fraction of sp³-hybridized carbons (Fsp3) is 0.118. The first kappa shape index (κ1) is 13.0. The van der Waals surface area contributed by atoms with Crippen molar-refractivity contribution in [2.45, 2.75) is 11.8 Å².